The lowest BCUT2D eigenvalue weighted by molar-refractivity contribution is -0.198. The van der Waals surface area contributed by atoms with Crippen LogP contribution in [0.25, 0.3) is 0 Å². The van der Waals surface area contributed by atoms with Gasteiger partial charge in [-0.05, 0) is 12.8 Å². The van der Waals surface area contributed by atoms with Crippen molar-refractivity contribution >= 4 is 5.82 Å². The maximum atomic E-state index is 12.1. The van der Waals surface area contributed by atoms with Crippen molar-refractivity contribution in [2.45, 2.75) is 31.0 Å². The number of aliphatic hydroxyl groups excluding tert-OH is 1. The Labute approximate surface area is 100 Å². The zero-order chi connectivity index (χ0) is 13.3. The minimum atomic E-state index is -4.69. The second-order valence-electron chi connectivity index (χ2n) is 4.23. The molecule has 100 valence electrons. The van der Waals surface area contributed by atoms with E-state index < -0.39 is 24.4 Å². The third kappa shape index (κ3) is 3.22. The minimum absolute atomic E-state index is 0.0453. The smallest absolute Gasteiger partial charge is 0.382 e. The Hall–Kier alpha value is -1.57. The predicted molar refractivity (Wildman–Crippen MR) is 57.4 cm³/mol. The average Bonchev–Trinajstić information content (AvgIpc) is 3.07. The van der Waals surface area contributed by atoms with Crippen LogP contribution in [0.1, 0.15) is 24.6 Å². The molecule has 18 heavy (non-hydrogen) atoms. The summed E-state index contributed by atoms with van der Waals surface area (Å²) in [6.45, 7) is -0.732. The van der Waals surface area contributed by atoms with E-state index in [0.29, 0.717) is 5.82 Å². The number of H-pyrrole nitrogens is 1. The summed E-state index contributed by atoms with van der Waals surface area (Å²) in [7, 11) is 0. The highest BCUT2D eigenvalue weighted by Gasteiger charge is 2.38. The quantitative estimate of drug-likeness (QED) is 0.756. The van der Waals surface area contributed by atoms with Crippen molar-refractivity contribution in [3.8, 4) is 0 Å². The van der Waals surface area contributed by atoms with Crippen molar-refractivity contribution in [1.82, 2.24) is 9.97 Å². The molecule has 1 aromatic rings. The van der Waals surface area contributed by atoms with Crippen molar-refractivity contribution in [3.05, 3.63) is 22.2 Å². The molecule has 2 rings (SSSR count). The van der Waals surface area contributed by atoms with Gasteiger partial charge in [-0.3, -0.25) is 4.79 Å². The van der Waals surface area contributed by atoms with Gasteiger partial charge in [-0.1, -0.05) is 0 Å². The van der Waals surface area contributed by atoms with E-state index in [-0.39, 0.29) is 11.7 Å². The number of halogens is 3. The highest BCUT2D eigenvalue weighted by atomic mass is 19.4. The molecule has 5 nitrogen and oxygen atoms in total. The SMILES string of the molecule is O=c1cc(NCC(O)C(F)(F)F)nc(C2CC2)[nH]1. The number of rotatable bonds is 4. The molecule has 1 aliphatic carbocycles. The zero-order valence-corrected chi connectivity index (χ0v) is 9.29. The predicted octanol–water partition coefficient (Wildman–Crippen LogP) is 0.982. The molecule has 8 heteroatoms. The molecule has 0 aromatic carbocycles. The maximum absolute atomic E-state index is 12.1. The highest BCUT2D eigenvalue weighted by molar-refractivity contribution is 5.34. The molecule has 0 radical (unpaired) electrons. The lowest BCUT2D eigenvalue weighted by Gasteiger charge is -2.15. The molecular formula is C10H12F3N3O2. The van der Waals surface area contributed by atoms with Crippen LogP contribution in [0.4, 0.5) is 19.0 Å². The molecule has 1 saturated carbocycles. The average molecular weight is 263 g/mol. The normalized spacial score (nSPS) is 17.6. The van der Waals surface area contributed by atoms with Gasteiger partial charge in [0, 0.05) is 12.0 Å². The van der Waals surface area contributed by atoms with Gasteiger partial charge in [0.1, 0.15) is 11.6 Å². The third-order valence-corrected chi connectivity index (χ3v) is 2.58. The van der Waals surface area contributed by atoms with Gasteiger partial charge >= 0.3 is 6.18 Å². The molecule has 0 bridgehead atoms. The van der Waals surface area contributed by atoms with Crippen LogP contribution in [0, 0.1) is 0 Å². The van der Waals surface area contributed by atoms with Gasteiger partial charge in [-0.2, -0.15) is 13.2 Å². The Morgan fingerprint density at radius 3 is 2.78 bits per heavy atom. The van der Waals surface area contributed by atoms with E-state index in [1.54, 1.807) is 0 Å². The first-order chi connectivity index (χ1) is 8.36. The summed E-state index contributed by atoms with van der Waals surface area (Å²) in [5.74, 6) is 0.711. The monoisotopic (exact) mass is 263 g/mol. The fraction of sp³-hybridized carbons (Fsp3) is 0.600. The molecule has 1 atom stereocenters. The van der Waals surface area contributed by atoms with Crippen LogP contribution < -0.4 is 10.9 Å². The lowest BCUT2D eigenvalue weighted by Crippen LogP contribution is -2.35. The lowest BCUT2D eigenvalue weighted by atomic mass is 10.3. The number of alkyl halides is 3. The second-order valence-corrected chi connectivity index (χ2v) is 4.23. The maximum Gasteiger partial charge on any atom is 0.416 e. The fourth-order valence-electron chi connectivity index (χ4n) is 1.43. The molecule has 1 fully saturated rings. The Bertz CT molecular complexity index is 482. The number of aromatic nitrogens is 2. The Morgan fingerprint density at radius 2 is 2.22 bits per heavy atom. The Morgan fingerprint density at radius 1 is 1.56 bits per heavy atom. The van der Waals surface area contributed by atoms with Crippen molar-refractivity contribution in [2.24, 2.45) is 0 Å². The van der Waals surface area contributed by atoms with E-state index in [2.05, 4.69) is 15.3 Å². The minimum Gasteiger partial charge on any atom is -0.382 e. The van der Waals surface area contributed by atoms with Crippen LogP contribution in [-0.4, -0.2) is 33.9 Å². The van der Waals surface area contributed by atoms with Gasteiger partial charge in [0.25, 0.3) is 5.56 Å². The van der Waals surface area contributed by atoms with E-state index in [4.69, 9.17) is 5.11 Å². The van der Waals surface area contributed by atoms with Crippen LogP contribution in [0.5, 0.6) is 0 Å². The van der Waals surface area contributed by atoms with Crippen molar-refractivity contribution in [1.29, 1.82) is 0 Å². The number of aromatic amines is 1. The van der Waals surface area contributed by atoms with Gasteiger partial charge in [0.15, 0.2) is 6.10 Å². The van der Waals surface area contributed by atoms with Crippen molar-refractivity contribution < 1.29 is 18.3 Å². The number of hydrogen-bond acceptors (Lipinski definition) is 4. The van der Waals surface area contributed by atoms with E-state index in [1.165, 1.54) is 0 Å². The van der Waals surface area contributed by atoms with Gasteiger partial charge in [0.2, 0.25) is 0 Å². The van der Waals surface area contributed by atoms with Gasteiger partial charge < -0.3 is 15.4 Å². The summed E-state index contributed by atoms with van der Waals surface area (Å²) < 4.78 is 36.2. The zero-order valence-electron chi connectivity index (χ0n) is 9.29. The van der Waals surface area contributed by atoms with Gasteiger partial charge in [-0.15, -0.1) is 0 Å². The summed E-state index contributed by atoms with van der Waals surface area (Å²) in [5.41, 5.74) is -0.420. The summed E-state index contributed by atoms with van der Waals surface area (Å²) in [6.07, 6.45) is -5.34. The highest BCUT2D eigenvalue weighted by Crippen LogP contribution is 2.37. The summed E-state index contributed by atoms with van der Waals surface area (Å²) in [4.78, 5) is 17.8. The van der Waals surface area contributed by atoms with Crippen molar-refractivity contribution in [3.63, 3.8) is 0 Å². The fourth-order valence-corrected chi connectivity index (χ4v) is 1.43. The van der Waals surface area contributed by atoms with E-state index in [1.807, 2.05) is 0 Å². The molecule has 1 heterocycles. The standard InChI is InChI=1S/C10H12F3N3O2/c11-10(12,13)6(17)4-14-7-3-8(18)16-9(15-7)5-1-2-5/h3,5-6,17H,1-2,4H2,(H2,14,15,16,18). The Balaban J connectivity index is 2.03. The third-order valence-electron chi connectivity index (χ3n) is 2.58. The topological polar surface area (TPSA) is 78.0 Å². The largest absolute Gasteiger partial charge is 0.416 e. The molecule has 1 aromatic heterocycles. The number of aliphatic hydroxyl groups is 1. The molecule has 3 N–H and O–H groups in total. The molecule has 0 aliphatic heterocycles. The number of hydrogen-bond donors (Lipinski definition) is 3. The molecule has 1 aliphatic rings. The van der Waals surface area contributed by atoms with Gasteiger partial charge in [0.05, 0.1) is 6.54 Å². The van der Waals surface area contributed by atoms with Crippen LogP contribution in [0.2, 0.25) is 0 Å². The van der Waals surface area contributed by atoms with Crippen LogP contribution in [0.15, 0.2) is 10.9 Å². The molecular weight excluding hydrogens is 251 g/mol. The first kappa shape index (κ1) is 12.9. The molecule has 0 spiro atoms. The summed E-state index contributed by atoms with van der Waals surface area (Å²) in [5, 5.41) is 11.1. The molecule has 0 saturated heterocycles. The van der Waals surface area contributed by atoms with E-state index in [9.17, 15) is 18.0 Å². The summed E-state index contributed by atoms with van der Waals surface area (Å²) in [6, 6.07) is 1.06. The molecule has 0 amide bonds. The summed E-state index contributed by atoms with van der Waals surface area (Å²) >= 11 is 0. The number of nitrogens with zero attached hydrogens (tertiary/aromatic N) is 1. The Kier molecular flexibility index (Phi) is 3.29. The number of nitrogens with one attached hydrogen (secondary N) is 2. The van der Waals surface area contributed by atoms with Gasteiger partial charge in [-0.25, -0.2) is 4.98 Å². The first-order valence-corrected chi connectivity index (χ1v) is 5.46. The van der Waals surface area contributed by atoms with Crippen LogP contribution >= 0.6 is 0 Å². The number of anilines is 1. The van der Waals surface area contributed by atoms with E-state index >= 15 is 0 Å². The first-order valence-electron chi connectivity index (χ1n) is 5.46. The van der Waals surface area contributed by atoms with E-state index in [0.717, 1.165) is 18.9 Å². The molecule has 1 unspecified atom stereocenters. The van der Waals surface area contributed by atoms with Crippen LogP contribution in [-0.2, 0) is 0 Å². The second kappa shape index (κ2) is 4.60. The van der Waals surface area contributed by atoms with Crippen molar-refractivity contribution in [2.75, 3.05) is 11.9 Å². The van der Waals surface area contributed by atoms with Crippen LogP contribution in [0.3, 0.4) is 0 Å².